The number of carbonyl (C=O) groups is 1. The number of hydrogen-bond donors (Lipinski definition) is 3. The van der Waals surface area contributed by atoms with Crippen molar-refractivity contribution in [3.05, 3.63) is 83.9 Å². The second kappa shape index (κ2) is 7.40. The third kappa shape index (κ3) is 3.97. The van der Waals surface area contributed by atoms with Gasteiger partial charge in [0.15, 0.2) is 0 Å². The molecule has 1 aromatic heterocycles. The monoisotopic (exact) mass is 406 g/mol. The Kier molecular flexibility index (Phi) is 4.77. The van der Waals surface area contributed by atoms with E-state index in [1.165, 1.54) is 24.3 Å². The van der Waals surface area contributed by atoms with Crippen molar-refractivity contribution in [1.29, 1.82) is 0 Å². The van der Waals surface area contributed by atoms with Crippen LogP contribution in [0.5, 0.6) is 0 Å². The Bertz CT molecular complexity index is 1260. The molecule has 0 aliphatic carbocycles. The summed E-state index contributed by atoms with van der Waals surface area (Å²) in [6.07, 6.45) is 0. The predicted octanol–water partition coefficient (Wildman–Crippen LogP) is 3.92. The maximum Gasteiger partial charge on any atom is 0.261 e. The summed E-state index contributed by atoms with van der Waals surface area (Å²) in [4.78, 5) is 19.8. The standard InChI is InChI=1S/C21H18N4O3S/c1-14-6-2-3-7-17(14)25-29(27,28)16-12-10-15(11-13-16)20(26)24-21-22-18-8-4-5-9-19(18)23-21/h2-13,25H,1H3,(H2,22,23,24,26). The highest BCUT2D eigenvalue weighted by Gasteiger charge is 2.16. The molecule has 4 rings (SSSR count). The van der Waals surface area contributed by atoms with Crippen molar-refractivity contribution in [2.24, 2.45) is 0 Å². The summed E-state index contributed by atoms with van der Waals surface area (Å²) in [5, 5.41) is 2.68. The van der Waals surface area contributed by atoms with Gasteiger partial charge in [-0.15, -0.1) is 0 Å². The normalized spacial score (nSPS) is 11.3. The second-order valence-corrected chi connectivity index (χ2v) is 8.18. The fraction of sp³-hybridized carbons (Fsp3) is 0.0476. The first-order valence-electron chi connectivity index (χ1n) is 8.87. The summed E-state index contributed by atoms with van der Waals surface area (Å²) in [5.74, 6) is -0.0611. The fourth-order valence-electron chi connectivity index (χ4n) is 2.87. The van der Waals surface area contributed by atoms with Crippen LogP contribution >= 0.6 is 0 Å². The molecule has 0 saturated heterocycles. The first kappa shape index (κ1) is 18.7. The van der Waals surface area contributed by atoms with Gasteiger partial charge in [-0.05, 0) is 55.0 Å². The maximum absolute atomic E-state index is 12.6. The molecule has 3 aromatic carbocycles. The molecule has 0 aliphatic rings. The first-order valence-corrected chi connectivity index (χ1v) is 10.4. The van der Waals surface area contributed by atoms with Gasteiger partial charge in [-0.25, -0.2) is 13.4 Å². The molecule has 7 nitrogen and oxygen atoms in total. The van der Waals surface area contributed by atoms with Crippen molar-refractivity contribution in [2.75, 3.05) is 10.0 Å². The summed E-state index contributed by atoms with van der Waals surface area (Å²) in [6, 6.07) is 20.3. The minimum atomic E-state index is -3.75. The van der Waals surface area contributed by atoms with Gasteiger partial charge >= 0.3 is 0 Å². The highest BCUT2D eigenvalue weighted by atomic mass is 32.2. The Morgan fingerprint density at radius 2 is 1.62 bits per heavy atom. The molecule has 0 aliphatic heterocycles. The van der Waals surface area contributed by atoms with E-state index in [4.69, 9.17) is 0 Å². The summed E-state index contributed by atoms with van der Waals surface area (Å²) in [6.45, 7) is 1.82. The zero-order valence-corrected chi connectivity index (χ0v) is 16.3. The lowest BCUT2D eigenvalue weighted by molar-refractivity contribution is 0.102. The van der Waals surface area contributed by atoms with Crippen LogP contribution in [0.25, 0.3) is 11.0 Å². The lowest BCUT2D eigenvalue weighted by Crippen LogP contribution is -2.15. The largest absolute Gasteiger partial charge is 0.324 e. The van der Waals surface area contributed by atoms with Crippen LogP contribution in [0.15, 0.2) is 77.7 Å². The van der Waals surface area contributed by atoms with Crippen molar-refractivity contribution in [3.8, 4) is 0 Å². The number of para-hydroxylation sites is 3. The van der Waals surface area contributed by atoms with E-state index in [-0.39, 0.29) is 10.8 Å². The number of rotatable bonds is 5. The minimum Gasteiger partial charge on any atom is -0.324 e. The number of carbonyl (C=O) groups excluding carboxylic acids is 1. The Balaban J connectivity index is 1.50. The van der Waals surface area contributed by atoms with E-state index in [9.17, 15) is 13.2 Å². The zero-order chi connectivity index (χ0) is 20.4. The molecule has 146 valence electrons. The number of H-pyrrole nitrogens is 1. The van der Waals surface area contributed by atoms with E-state index in [1.54, 1.807) is 12.1 Å². The lowest BCUT2D eigenvalue weighted by atomic mass is 10.2. The third-order valence-electron chi connectivity index (χ3n) is 4.44. The number of benzene rings is 3. The topological polar surface area (TPSA) is 104 Å². The van der Waals surface area contributed by atoms with Gasteiger partial charge in [0.25, 0.3) is 15.9 Å². The molecule has 29 heavy (non-hydrogen) atoms. The van der Waals surface area contributed by atoms with Gasteiger partial charge in [-0.3, -0.25) is 14.8 Å². The van der Waals surface area contributed by atoms with Gasteiger partial charge in [0.1, 0.15) is 0 Å². The summed E-state index contributed by atoms with van der Waals surface area (Å²) < 4.78 is 27.8. The van der Waals surface area contributed by atoms with Gasteiger partial charge in [0, 0.05) is 5.56 Å². The summed E-state index contributed by atoms with van der Waals surface area (Å²) >= 11 is 0. The first-order chi connectivity index (χ1) is 13.9. The molecular weight excluding hydrogens is 388 g/mol. The van der Waals surface area contributed by atoms with Gasteiger partial charge in [-0.2, -0.15) is 0 Å². The number of nitrogens with zero attached hydrogens (tertiary/aromatic N) is 1. The number of amides is 1. The molecule has 0 spiro atoms. The van der Waals surface area contributed by atoms with E-state index >= 15 is 0 Å². The Morgan fingerprint density at radius 1 is 0.931 bits per heavy atom. The Morgan fingerprint density at radius 3 is 2.34 bits per heavy atom. The van der Waals surface area contributed by atoms with Crippen LogP contribution in [0.3, 0.4) is 0 Å². The van der Waals surface area contributed by atoms with E-state index in [0.717, 1.165) is 16.6 Å². The van der Waals surface area contributed by atoms with Crippen molar-refractivity contribution >= 4 is 38.6 Å². The predicted molar refractivity (Wildman–Crippen MR) is 112 cm³/mol. The molecule has 4 aromatic rings. The number of imidazole rings is 1. The van der Waals surface area contributed by atoms with Crippen LogP contribution in [-0.4, -0.2) is 24.3 Å². The van der Waals surface area contributed by atoms with E-state index in [2.05, 4.69) is 20.0 Å². The second-order valence-electron chi connectivity index (χ2n) is 6.50. The number of nitrogens with one attached hydrogen (secondary N) is 3. The quantitative estimate of drug-likeness (QED) is 0.467. The fourth-order valence-corrected chi connectivity index (χ4v) is 4.00. The van der Waals surface area contributed by atoms with Crippen LogP contribution < -0.4 is 10.0 Å². The SMILES string of the molecule is Cc1ccccc1NS(=O)(=O)c1ccc(C(=O)Nc2nc3ccccc3[nH]2)cc1. The number of aromatic amines is 1. The molecular formula is C21H18N4O3S. The van der Waals surface area contributed by atoms with Crippen LogP contribution in [0.4, 0.5) is 11.6 Å². The average Bonchev–Trinajstić information content (AvgIpc) is 3.12. The zero-order valence-electron chi connectivity index (χ0n) is 15.5. The number of aryl methyl sites for hydroxylation is 1. The molecule has 1 heterocycles. The van der Waals surface area contributed by atoms with Crippen LogP contribution in [0.2, 0.25) is 0 Å². The number of sulfonamides is 1. The van der Waals surface area contributed by atoms with Gasteiger partial charge < -0.3 is 4.98 Å². The number of hydrogen-bond acceptors (Lipinski definition) is 4. The molecule has 0 radical (unpaired) electrons. The van der Waals surface area contributed by atoms with Crippen LogP contribution in [0.1, 0.15) is 15.9 Å². The molecule has 8 heteroatoms. The summed E-state index contributed by atoms with van der Waals surface area (Å²) in [7, 11) is -3.75. The minimum absolute atomic E-state index is 0.0704. The molecule has 0 saturated carbocycles. The maximum atomic E-state index is 12.6. The smallest absolute Gasteiger partial charge is 0.261 e. The highest BCUT2D eigenvalue weighted by Crippen LogP contribution is 2.20. The van der Waals surface area contributed by atoms with Gasteiger partial charge in [0.2, 0.25) is 5.95 Å². The average molecular weight is 406 g/mol. The van der Waals surface area contributed by atoms with Crippen molar-refractivity contribution in [3.63, 3.8) is 0 Å². The molecule has 0 bridgehead atoms. The third-order valence-corrected chi connectivity index (χ3v) is 5.82. The molecule has 0 fully saturated rings. The van der Waals surface area contributed by atoms with Gasteiger partial charge in [0.05, 0.1) is 21.6 Å². The van der Waals surface area contributed by atoms with E-state index < -0.39 is 10.0 Å². The van der Waals surface area contributed by atoms with E-state index in [1.807, 2.05) is 43.3 Å². The molecule has 0 atom stereocenters. The number of fused-ring (bicyclic) bond motifs is 1. The number of anilines is 2. The summed E-state index contributed by atoms with van der Waals surface area (Å²) in [5.41, 5.74) is 3.20. The molecule has 3 N–H and O–H groups in total. The number of aromatic nitrogens is 2. The van der Waals surface area contributed by atoms with Crippen molar-refractivity contribution in [1.82, 2.24) is 9.97 Å². The molecule has 0 unspecified atom stereocenters. The van der Waals surface area contributed by atoms with Crippen LogP contribution in [-0.2, 0) is 10.0 Å². The Hall–Kier alpha value is -3.65. The Labute approximate surface area is 167 Å². The van der Waals surface area contributed by atoms with Crippen molar-refractivity contribution < 1.29 is 13.2 Å². The van der Waals surface area contributed by atoms with Crippen LogP contribution in [0, 0.1) is 6.92 Å². The molecule has 1 amide bonds. The van der Waals surface area contributed by atoms with E-state index in [0.29, 0.717) is 17.2 Å². The van der Waals surface area contributed by atoms with Crippen molar-refractivity contribution in [2.45, 2.75) is 11.8 Å². The lowest BCUT2D eigenvalue weighted by Gasteiger charge is -2.10. The van der Waals surface area contributed by atoms with Gasteiger partial charge in [-0.1, -0.05) is 30.3 Å². The highest BCUT2D eigenvalue weighted by molar-refractivity contribution is 7.92.